The molecule has 1 fully saturated rings. The Morgan fingerprint density at radius 3 is 2.48 bits per heavy atom. The summed E-state index contributed by atoms with van der Waals surface area (Å²) in [5.41, 5.74) is -5.33. The Bertz CT molecular complexity index is 601. The lowest BCUT2D eigenvalue weighted by molar-refractivity contribution is -0.0435. The maximum absolute atomic E-state index is 12.7. The first-order valence-electron chi connectivity index (χ1n) is 6.45. The number of hydrogen-bond acceptors (Lipinski definition) is 4. The average molecular weight is 323 g/mol. The lowest BCUT2D eigenvalue weighted by Crippen LogP contribution is -2.26. The van der Waals surface area contributed by atoms with Gasteiger partial charge in [-0.2, -0.15) is 13.2 Å². The molecule has 1 aliphatic rings. The molecule has 8 heteroatoms. The fourth-order valence-electron chi connectivity index (χ4n) is 2.45. The van der Waals surface area contributed by atoms with E-state index in [9.17, 15) is 21.6 Å². The van der Waals surface area contributed by atoms with E-state index in [1.807, 2.05) is 0 Å². The van der Waals surface area contributed by atoms with E-state index in [1.54, 1.807) is 7.11 Å². The van der Waals surface area contributed by atoms with Crippen molar-refractivity contribution >= 4 is 15.5 Å². The topological polar surface area (TPSA) is 55.4 Å². The second-order valence-electron chi connectivity index (χ2n) is 4.96. The Kier molecular flexibility index (Phi) is 4.48. The van der Waals surface area contributed by atoms with E-state index in [0.717, 1.165) is 18.9 Å². The number of sulfone groups is 1. The summed E-state index contributed by atoms with van der Waals surface area (Å²) in [5, 5.41) is 2.89. The summed E-state index contributed by atoms with van der Waals surface area (Å²) in [4.78, 5) is -0.738. The fourth-order valence-corrected chi connectivity index (χ4v) is 3.37. The normalized spacial score (nSPS) is 23.2. The van der Waals surface area contributed by atoms with Gasteiger partial charge in [-0.3, -0.25) is 0 Å². The minimum absolute atomic E-state index is 0.0171. The molecule has 118 valence electrons. The van der Waals surface area contributed by atoms with Crippen molar-refractivity contribution in [3.63, 3.8) is 0 Å². The van der Waals surface area contributed by atoms with E-state index < -0.39 is 20.2 Å². The van der Waals surface area contributed by atoms with Crippen LogP contribution in [0.1, 0.15) is 19.3 Å². The van der Waals surface area contributed by atoms with Crippen molar-refractivity contribution in [1.29, 1.82) is 0 Å². The van der Waals surface area contributed by atoms with Gasteiger partial charge in [0, 0.05) is 13.2 Å². The van der Waals surface area contributed by atoms with Crippen LogP contribution in [0.15, 0.2) is 29.2 Å². The standard InChI is InChI=1S/C13H16F3NO3S/c1-20-10-7-6-9(8-10)17-11-4-2-3-5-12(11)21(18,19)13(14,15)16/h2-5,9-10,17H,6-8H2,1H3. The second kappa shape index (κ2) is 5.84. The molecule has 1 aliphatic carbocycles. The highest BCUT2D eigenvalue weighted by Crippen LogP contribution is 2.35. The molecule has 0 amide bonds. The number of nitrogens with one attached hydrogen (secondary N) is 1. The maximum Gasteiger partial charge on any atom is 0.501 e. The van der Waals surface area contributed by atoms with Gasteiger partial charge in [0.2, 0.25) is 0 Å². The van der Waals surface area contributed by atoms with Crippen LogP contribution in [-0.4, -0.2) is 33.2 Å². The van der Waals surface area contributed by atoms with E-state index in [-0.39, 0.29) is 17.8 Å². The predicted molar refractivity (Wildman–Crippen MR) is 71.7 cm³/mol. The zero-order chi connectivity index (χ0) is 15.7. The van der Waals surface area contributed by atoms with Crippen LogP contribution in [0, 0.1) is 0 Å². The quantitative estimate of drug-likeness (QED) is 0.925. The molecule has 4 nitrogen and oxygen atoms in total. The molecule has 1 saturated carbocycles. The zero-order valence-electron chi connectivity index (χ0n) is 11.4. The third-order valence-electron chi connectivity index (χ3n) is 3.56. The Labute approximate surface area is 121 Å². The smallest absolute Gasteiger partial charge is 0.381 e. The maximum atomic E-state index is 12.7. The number of para-hydroxylation sites is 1. The molecule has 0 bridgehead atoms. The summed E-state index contributed by atoms with van der Waals surface area (Å²) in [7, 11) is -3.78. The van der Waals surface area contributed by atoms with Crippen molar-refractivity contribution < 1.29 is 26.3 Å². The summed E-state index contributed by atoms with van der Waals surface area (Å²) in [6.45, 7) is 0. The van der Waals surface area contributed by atoms with E-state index in [4.69, 9.17) is 4.74 Å². The van der Waals surface area contributed by atoms with Crippen LogP contribution < -0.4 is 5.32 Å². The van der Waals surface area contributed by atoms with Crippen LogP contribution in [0.5, 0.6) is 0 Å². The van der Waals surface area contributed by atoms with Crippen molar-refractivity contribution in [2.24, 2.45) is 0 Å². The van der Waals surface area contributed by atoms with E-state index in [1.165, 1.54) is 18.2 Å². The molecule has 2 atom stereocenters. The van der Waals surface area contributed by atoms with E-state index in [0.29, 0.717) is 6.42 Å². The van der Waals surface area contributed by atoms with Gasteiger partial charge in [-0.15, -0.1) is 0 Å². The van der Waals surface area contributed by atoms with Gasteiger partial charge in [-0.05, 0) is 31.4 Å². The Hall–Kier alpha value is -1.28. The van der Waals surface area contributed by atoms with Crippen LogP contribution in [0.3, 0.4) is 0 Å². The summed E-state index contributed by atoms with van der Waals surface area (Å²) in [6, 6.07) is 4.99. The van der Waals surface area contributed by atoms with Crippen LogP contribution in [0.2, 0.25) is 0 Å². The van der Waals surface area contributed by atoms with Crippen molar-refractivity contribution in [2.75, 3.05) is 12.4 Å². The molecule has 0 spiro atoms. The Morgan fingerprint density at radius 1 is 1.24 bits per heavy atom. The SMILES string of the molecule is COC1CCC(Nc2ccccc2S(=O)(=O)C(F)(F)F)C1. The first kappa shape index (κ1) is 16.1. The van der Waals surface area contributed by atoms with Gasteiger partial charge < -0.3 is 10.1 Å². The predicted octanol–water partition coefficient (Wildman–Crippen LogP) is 2.96. The summed E-state index contributed by atoms with van der Waals surface area (Å²) in [6.07, 6.45) is 2.20. The molecule has 0 saturated heterocycles. The number of rotatable bonds is 4. The van der Waals surface area contributed by atoms with Gasteiger partial charge in [0.15, 0.2) is 0 Å². The molecule has 1 N–H and O–H groups in total. The number of alkyl halides is 3. The van der Waals surface area contributed by atoms with E-state index in [2.05, 4.69) is 5.32 Å². The number of methoxy groups -OCH3 is 1. The summed E-state index contributed by atoms with van der Waals surface area (Å²) < 4.78 is 66.4. The number of hydrogen-bond donors (Lipinski definition) is 1. The minimum atomic E-state index is -5.36. The Morgan fingerprint density at radius 2 is 1.90 bits per heavy atom. The van der Waals surface area contributed by atoms with Crippen LogP contribution in [0.25, 0.3) is 0 Å². The van der Waals surface area contributed by atoms with Gasteiger partial charge in [-0.25, -0.2) is 8.42 Å². The first-order chi connectivity index (χ1) is 9.75. The molecule has 2 unspecified atom stereocenters. The van der Waals surface area contributed by atoms with Gasteiger partial charge in [-0.1, -0.05) is 12.1 Å². The Balaban J connectivity index is 2.27. The van der Waals surface area contributed by atoms with E-state index >= 15 is 0 Å². The molecule has 21 heavy (non-hydrogen) atoms. The molecule has 1 aromatic rings. The largest absolute Gasteiger partial charge is 0.501 e. The molecular formula is C13H16F3NO3S. The lowest BCUT2D eigenvalue weighted by Gasteiger charge is -2.18. The first-order valence-corrected chi connectivity index (χ1v) is 7.93. The number of halogens is 3. The number of ether oxygens (including phenoxy) is 1. The minimum Gasteiger partial charge on any atom is -0.381 e. The number of anilines is 1. The fraction of sp³-hybridized carbons (Fsp3) is 0.538. The average Bonchev–Trinajstić information content (AvgIpc) is 2.85. The van der Waals surface area contributed by atoms with Gasteiger partial charge in [0.25, 0.3) is 9.84 Å². The van der Waals surface area contributed by atoms with Crippen LogP contribution in [-0.2, 0) is 14.6 Å². The highest BCUT2D eigenvalue weighted by molar-refractivity contribution is 7.92. The molecule has 0 radical (unpaired) electrons. The molecule has 0 heterocycles. The van der Waals surface area contributed by atoms with Crippen molar-refractivity contribution in [2.45, 2.75) is 41.8 Å². The monoisotopic (exact) mass is 323 g/mol. The third kappa shape index (κ3) is 3.32. The number of benzene rings is 1. The zero-order valence-corrected chi connectivity index (χ0v) is 12.2. The van der Waals surface area contributed by atoms with Crippen molar-refractivity contribution in [3.05, 3.63) is 24.3 Å². The highest BCUT2D eigenvalue weighted by Gasteiger charge is 2.48. The third-order valence-corrected chi connectivity index (χ3v) is 5.10. The van der Waals surface area contributed by atoms with Crippen LogP contribution >= 0.6 is 0 Å². The highest BCUT2D eigenvalue weighted by atomic mass is 32.2. The van der Waals surface area contributed by atoms with Gasteiger partial charge >= 0.3 is 5.51 Å². The van der Waals surface area contributed by atoms with Crippen molar-refractivity contribution in [1.82, 2.24) is 0 Å². The van der Waals surface area contributed by atoms with Crippen molar-refractivity contribution in [3.8, 4) is 0 Å². The molecule has 1 aromatic carbocycles. The summed E-state index contributed by atoms with van der Waals surface area (Å²) >= 11 is 0. The second-order valence-corrected chi connectivity index (χ2v) is 6.87. The van der Waals surface area contributed by atoms with Gasteiger partial charge in [0.1, 0.15) is 0 Å². The molecular weight excluding hydrogens is 307 g/mol. The lowest BCUT2D eigenvalue weighted by atomic mass is 10.2. The summed E-state index contributed by atoms with van der Waals surface area (Å²) in [5.74, 6) is 0. The molecule has 0 aromatic heterocycles. The molecule has 2 rings (SSSR count). The van der Waals surface area contributed by atoms with Crippen LogP contribution in [0.4, 0.5) is 18.9 Å². The van der Waals surface area contributed by atoms with Gasteiger partial charge in [0.05, 0.1) is 16.7 Å². The molecule has 0 aliphatic heterocycles.